The van der Waals surface area contributed by atoms with Gasteiger partial charge in [0.15, 0.2) is 0 Å². The van der Waals surface area contributed by atoms with Crippen LogP contribution in [0.5, 0.6) is 11.5 Å². The Labute approximate surface area is 167 Å². The number of nitrogens with one attached hydrogen (secondary N) is 1. The van der Waals surface area contributed by atoms with Crippen LogP contribution >= 0.6 is 12.4 Å². The molecule has 1 saturated heterocycles. The van der Waals surface area contributed by atoms with Crippen molar-refractivity contribution in [1.82, 2.24) is 5.32 Å². The molecule has 0 bridgehead atoms. The van der Waals surface area contributed by atoms with Crippen LogP contribution in [0.15, 0.2) is 18.2 Å². The third kappa shape index (κ3) is 4.84. The number of halogens is 1. The molecule has 8 heteroatoms. The monoisotopic (exact) mass is 399 g/mol. The maximum Gasteiger partial charge on any atom is 0.227 e. The van der Waals surface area contributed by atoms with E-state index in [-0.39, 0.29) is 30.6 Å². The predicted molar refractivity (Wildman–Crippen MR) is 108 cm³/mol. The largest absolute Gasteiger partial charge is 0.497 e. The number of nitrogens with zero attached hydrogens (tertiary/aromatic N) is 1. The van der Waals surface area contributed by atoms with Crippen LogP contribution < -0.4 is 25.4 Å². The van der Waals surface area contributed by atoms with Crippen LogP contribution in [0, 0.1) is 5.92 Å². The Morgan fingerprint density at radius 1 is 1.30 bits per heavy atom. The van der Waals surface area contributed by atoms with Crippen molar-refractivity contribution in [2.24, 2.45) is 11.7 Å². The quantitative estimate of drug-likeness (QED) is 0.698. The topological polar surface area (TPSA) is 93.9 Å². The van der Waals surface area contributed by atoms with E-state index in [1.165, 1.54) is 0 Å². The van der Waals surface area contributed by atoms with Crippen molar-refractivity contribution < 1.29 is 19.1 Å². The van der Waals surface area contributed by atoms with Gasteiger partial charge in [0.2, 0.25) is 11.8 Å². The molecule has 27 heavy (non-hydrogen) atoms. The van der Waals surface area contributed by atoms with Crippen molar-refractivity contribution in [2.75, 3.05) is 32.2 Å². The van der Waals surface area contributed by atoms with Crippen LogP contribution in [0.25, 0.3) is 0 Å². The van der Waals surface area contributed by atoms with Gasteiger partial charge < -0.3 is 25.4 Å². The fourth-order valence-corrected chi connectivity index (χ4v) is 3.25. The van der Waals surface area contributed by atoms with Crippen LogP contribution in [0.1, 0.15) is 33.1 Å². The maximum absolute atomic E-state index is 12.7. The molecule has 1 heterocycles. The summed E-state index contributed by atoms with van der Waals surface area (Å²) in [5.41, 5.74) is 6.10. The van der Waals surface area contributed by atoms with Gasteiger partial charge in [0.1, 0.15) is 11.5 Å². The van der Waals surface area contributed by atoms with Gasteiger partial charge in [-0.2, -0.15) is 0 Å². The highest BCUT2D eigenvalue weighted by Crippen LogP contribution is 2.36. The molecule has 0 spiro atoms. The molecule has 0 radical (unpaired) electrons. The minimum Gasteiger partial charge on any atom is -0.497 e. The van der Waals surface area contributed by atoms with E-state index >= 15 is 0 Å². The lowest BCUT2D eigenvalue weighted by Crippen LogP contribution is -2.54. The summed E-state index contributed by atoms with van der Waals surface area (Å²) in [4.78, 5) is 26.8. The van der Waals surface area contributed by atoms with Gasteiger partial charge in [0.05, 0.1) is 31.4 Å². The van der Waals surface area contributed by atoms with Crippen LogP contribution in [0.4, 0.5) is 5.69 Å². The zero-order valence-corrected chi connectivity index (χ0v) is 17.2. The highest BCUT2D eigenvalue weighted by Gasteiger charge is 2.38. The lowest BCUT2D eigenvalue weighted by molar-refractivity contribution is -0.128. The number of carbonyl (C=O) groups is 2. The van der Waals surface area contributed by atoms with E-state index in [0.717, 1.165) is 12.8 Å². The molecule has 0 aliphatic carbocycles. The molecule has 3 N–H and O–H groups in total. The molecule has 1 aliphatic heterocycles. The number of rotatable bonds is 8. The molecule has 0 saturated carbocycles. The Hall–Kier alpha value is -1.99. The van der Waals surface area contributed by atoms with Gasteiger partial charge in [0.25, 0.3) is 0 Å². The molecule has 1 unspecified atom stereocenters. The lowest BCUT2D eigenvalue weighted by Gasteiger charge is -2.32. The second-order valence-corrected chi connectivity index (χ2v) is 6.62. The van der Waals surface area contributed by atoms with Crippen molar-refractivity contribution >= 4 is 29.9 Å². The van der Waals surface area contributed by atoms with E-state index in [4.69, 9.17) is 15.2 Å². The highest BCUT2D eigenvalue weighted by molar-refractivity contribution is 6.01. The molecular formula is C19H30ClN3O4. The molecule has 7 nitrogen and oxygen atoms in total. The second kappa shape index (κ2) is 9.80. The third-order valence-corrected chi connectivity index (χ3v) is 5.31. The Bertz CT molecular complexity index is 656. The first-order valence-corrected chi connectivity index (χ1v) is 8.98. The molecule has 1 atom stereocenters. The average Bonchev–Trinajstić information content (AvgIpc) is 3.07. The Balaban J connectivity index is 0.00000364. The number of hydrogen-bond acceptors (Lipinski definition) is 5. The smallest absolute Gasteiger partial charge is 0.227 e. The van der Waals surface area contributed by atoms with Gasteiger partial charge in [-0.15, -0.1) is 12.4 Å². The molecule has 1 aliphatic rings. The number of nitrogens with two attached hydrogens (primary N) is 1. The normalized spacial score (nSPS) is 16.7. The lowest BCUT2D eigenvalue weighted by atomic mass is 9.91. The number of carbonyl (C=O) groups excluding carboxylic acids is 2. The number of anilines is 1. The van der Waals surface area contributed by atoms with Gasteiger partial charge in [0, 0.05) is 25.6 Å². The third-order valence-electron chi connectivity index (χ3n) is 5.31. The van der Waals surface area contributed by atoms with Crippen LogP contribution in [-0.2, 0) is 9.59 Å². The maximum atomic E-state index is 12.7. The molecule has 152 valence electrons. The van der Waals surface area contributed by atoms with Crippen LogP contribution in [-0.4, -0.2) is 44.7 Å². The SMILES string of the molecule is CCC(CC)(CN)NC(=O)C1CC(=O)N(c2ccc(OC)cc2OC)C1.Cl. The first kappa shape index (κ1) is 23.0. The number of methoxy groups -OCH3 is 2. The molecule has 2 amide bonds. The Morgan fingerprint density at radius 3 is 2.48 bits per heavy atom. The molecule has 1 fully saturated rings. The van der Waals surface area contributed by atoms with Crippen LogP contribution in [0.2, 0.25) is 0 Å². The molecule has 0 aromatic heterocycles. The Morgan fingerprint density at radius 2 is 1.96 bits per heavy atom. The van der Waals surface area contributed by atoms with E-state index in [9.17, 15) is 9.59 Å². The standard InChI is InChI=1S/C19H29N3O4.ClH/c1-5-19(6-2,12-20)21-18(24)13-9-17(23)22(11-13)15-8-7-14(25-3)10-16(15)26-4;/h7-8,10,13H,5-6,9,11-12,20H2,1-4H3,(H,21,24);1H. The second-order valence-electron chi connectivity index (χ2n) is 6.62. The fourth-order valence-electron chi connectivity index (χ4n) is 3.25. The Kier molecular flexibility index (Phi) is 8.37. The minimum atomic E-state index is -0.411. The van der Waals surface area contributed by atoms with E-state index in [0.29, 0.717) is 30.3 Å². The number of ether oxygens (including phenoxy) is 2. The summed E-state index contributed by atoms with van der Waals surface area (Å²) in [5, 5.41) is 3.07. The van der Waals surface area contributed by atoms with E-state index < -0.39 is 11.5 Å². The first-order valence-electron chi connectivity index (χ1n) is 8.98. The zero-order chi connectivity index (χ0) is 19.3. The number of amides is 2. The molecular weight excluding hydrogens is 370 g/mol. The highest BCUT2D eigenvalue weighted by atomic mass is 35.5. The summed E-state index contributed by atoms with van der Waals surface area (Å²) in [6.07, 6.45) is 1.68. The van der Waals surface area contributed by atoms with Crippen molar-refractivity contribution in [2.45, 2.75) is 38.6 Å². The fraction of sp³-hybridized carbons (Fsp3) is 0.579. The van der Waals surface area contributed by atoms with E-state index in [1.807, 2.05) is 13.8 Å². The molecule has 2 rings (SSSR count). The van der Waals surface area contributed by atoms with Crippen molar-refractivity contribution in [3.63, 3.8) is 0 Å². The van der Waals surface area contributed by atoms with E-state index in [1.54, 1.807) is 37.3 Å². The molecule has 1 aromatic carbocycles. The summed E-state index contributed by atoms with van der Waals surface area (Å²) in [7, 11) is 3.11. The first-order chi connectivity index (χ1) is 12.4. The predicted octanol–water partition coefficient (Wildman–Crippen LogP) is 2.11. The van der Waals surface area contributed by atoms with Crippen molar-refractivity contribution in [1.29, 1.82) is 0 Å². The summed E-state index contributed by atoms with van der Waals surface area (Å²) < 4.78 is 10.6. The van der Waals surface area contributed by atoms with E-state index in [2.05, 4.69) is 5.32 Å². The average molecular weight is 400 g/mol. The summed E-state index contributed by atoms with van der Waals surface area (Å²) in [6.45, 7) is 4.71. The van der Waals surface area contributed by atoms with Crippen molar-refractivity contribution in [3.8, 4) is 11.5 Å². The van der Waals surface area contributed by atoms with Gasteiger partial charge in [-0.1, -0.05) is 13.8 Å². The van der Waals surface area contributed by atoms with Gasteiger partial charge >= 0.3 is 0 Å². The summed E-state index contributed by atoms with van der Waals surface area (Å²) in [6, 6.07) is 5.27. The summed E-state index contributed by atoms with van der Waals surface area (Å²) in [5.74, 6) is 0.558. The number of hydrogen-bond donors (Lipinski definition) is 2. The van der Waals surface area contributed by atoms with Gasteiger partial charge in [-0.25, -0.2) is 0 Å². The van der Waals surface area contributed by atoms with Crippen molar-refractivity contribution in [3.05, 3.63) is 18.2 Å². The molecule has 1 aromatic rings. The van der Waals surface area contributed by atoms with Gasteiger partial charge in [-0.05, 0) is 25.0 Å². The minimum absolute atomic E-state index is 0. The van der Waals surface area contributed by atoms with Gasteiger partial charge in [-0.3, -0.25) is 9.59 Å². The number of benzene rings is 1. The summed E-state index contributed by atoms with van der Waals surface area (Å²) >= 11 is 0. The zero-order valence-electron chi connectivity index (χ0n) is 16.4. The van der Waals surface area contributed by atoms with Crippen LogP contribution in [0.3, 0.4) is 0 Å².